The second kappa shape index (κ2) is 7.64. The normalized spacial score (nSPS) is 26.7. The lowest BCUT2D eigenvalue weighted by Gasteiger charge is -2.33. The van der Waals surface area contributed by atoms with E-state index in [4.69, 9.17) is 14.2 Å². The zero-order chi connectivity index (χ0) is 18.9. The molecular formula is C23H28N2O3. The van der Waals surface area contributed by atoms with E-state index in [2.05, 4.69) is 46.6 Å². The number of nitrogens with zero attached hydrogens (tertiary/aromatic N) is 1. The van der Waals surface area contributed by atoms with Crippen molar-refractivity contribution < 1.29 is 14.2 Å². The lowest BCUT2D eigenvalue weighted by atomic mass is 9.87. The minimum atomic E-state index is 0.484. The van der Waals surface area contributed by atoms with Gasteiger partial charge in [0.15, 0.2) is 11.5 Å². The van der Waals surface area contributed by atoms with Crippen molar-refractivity contribution in [2.45, 2.75) is 37.4 Å². The summed E-state index contributed by atoms with van der Waals surface area (Å²) in [4.78, 5) is 2.65. The number of ether oxygens (including phenoxy) is 3. The topological polar surface area (TPSA) is 43.0 Å². The van der Waals surface area contributed by atoms with Gasteiger partial charge in [-0.2, -0.15) is 0 Å². The number of fused-ring (bicyclic) bond motifs is 2. The van der Waals surface area contributed by atoms with Crippen molar-refractivity contribution in [2.75, 3.05) is 33.4 Å². The first-order valence-corrected chi connectivity index (χ1v) is 10.3. The lowest BCUT2D eigenvalue weighted by molar-refractivity contribution is 0.170. The molecule has 1 N–H and O–H groups in total. The summed E-state index contributed by atoms with van der Waals surface area (Å²) in [6, 6.07) is 16.0. The van der Waals surface area contributed by atoms with Gasteiger partial charge in [-0.1, -0.05) is 18.2 Å². The van der Waals surface area contributed by atoms with Crippen LogP contribution in [0.2, 0.25) is 0 Å². The molecule has 3 heterocycles. The molecule has 2 aromatic carbocycles. The fourth-order valence-electron chi connectivity index (χ4n) is 5.00. The minimum absolute atomic E-state index is 0.484. The first kappa shape index (κ1) is 17.8. The van der Waals surface area contributed by atoms with Crippen molar-refractivity contribution in [3.05, 3.63) is 53.6 Å². The van der Waals surface area contributed by atoms with Crippen molar-refractivity contribution in [3.8, 4) is 17.2 Å². The van der Waals surface area contributed by atoms with Crippen LogP contribution in [0.3, 0.4) is 0 Å². The number of benzene rings is 2. The molecule has 28 heavy (non-hydrogen) atoms. The van der Waals surface area contributed by atoms with Crippen LogP contribution in [0.5, 0.6) is 17.2 Å². The molecule has 5 rings (SSSR count). The zero-order valence-corrected chi connectivity index (χ0v) is 16.4. The predicted octanol–water partition coefficient (Wildman–Crippen LogP) is 3.19. The van der Waals surface area contributed by atoms with Crippen LogP contribution in [0.15, 0.2) is 42.5 Å². The van der Waals surface area contributed by atoms with Crippen LogP contribution in [-0.2, 0) is 6.54 Å². The van der Waals surface area contributed by atoms with Gasteiger partial charge >= 0.3 is 0 Å². The standard InChI is InChI=1S/C23H28N2O3/c1-26-18-5-2-4-17(13-18)19-15-25(20-6-3-9-24-23(19)20)14-16-7-8-21-22(12-16)28-11-10-27-21/h2,4-5,7-8,12-13,19-20,23-24H,3,6,9-11,14-15H2,1H3/t19-,20-,23-/m1/s1. The van der Waals surface area contributed by atoms with E-state index in [1.54, 1.807) is 7.11 Å². The van der Waals surface area contributed by atoms with E-state index >= 15 is 0 Å². The van der Waals surface area contributed by atoms with Crippen molar-refractivity contribution >= 4 is 0 Å². The molecule has 2 aromatic rings. The fourth-order valence-corrected chi connectivity index (χ4v) is 5.00. The number of rotatable bonds is 4. The Labute approximate surface area is 166 Å². The summed E-state index contributed by atoms with van der Waals surface area (Å²) in [5, 5.41) is 3.81. The Morgan fingerprint density at radius 1 is 1.11 bits per heavy atom. The van der Waals surface area contributed by atoms with E-state index in [0.717, 1.165) is 36.9 Å². The highest BCUT2D eigenvalue weighted by molar-refractivity contribution is 5.44. The number of hydrogen-bond acceptors (Lipinski definition) is 5. The Kier molecular flexibility index (Phi) is 4.87. The summed E-state index contributed by atoms with van der Waals surface area (Å²) in [6.07, 6.45) is 2.49. The average Bonchev–Trinajstić information content (AvgIpc) is 3.12. The number of hydrogen-bond donors (Lipinski definition) is 1. The third-order valence-electron chi connectivity index (χ3n) is 6.32. The maximum atomic E-state index is 5.78. The van der Waals surface area contributed by atoms with Gasteiger partial charge in [-0.3, -0.25) is 4.90 Å². The van der Waals surface area contributed by atoms with Crippen molar-refractivity contribution in [1.82, 2.24) is 10.2 Å². The summed E-state index contributed by atoms with van der Waals surface area (Å²) < 4.78 is 16.9. The van der Waals surface area contributed by atoms with E-state index in [0.29, 0.717) is 31.2 Å². The average molecular weight is 380 g/mol. The Morgan fingerprint density at radius 2 is 2.00 bits per heavy atom. The summed E-state index contributed by atoms with van der Waals surface area (Å²) >= 11 is 0. The molecule has 5 heteroatoms. The Morgan fingerprint density at radius 3 is 2.89 bits per heavy atom. The number of piperidine rings is 1. The number of methoxy groups -OCH3 is 1. The maximum absolute atomic E-state index is 5.78. The molecular weight excluding hydrogens is 352 g/mol. The summed E-state index contributed by atoms with van der Waals surface area (Å²) in [6.45, 7) is 4.38. The number of nitrogens with one attached hydrogen (secondary N) is 1. The molecule has 2 fully saturated rings. The molecule has 2 saturated heterocycles. The van der Waals surface area contributed by atoms with Crippen molar-refractivity contribution in [1.29, 1.82) is 0 Å². The van der Waals surface area contributed by atoms with Gasteiger partial charge in [-0.05, 0) is 54.8 Å². The van der Waals surface area contributed by atoms with E-state index in [1.165, 1.54) is 24.0 Å². The highest BCUT2D eigenvalue weighted by atomic mass is 16.6. The molecule has 5 nitrogen and oxygen atoms in total. The SMILES string of the molecule is COc1cccc([C@H]2CN(Cc3ccc4c(c3)OCCO4)[C@@H]3CCCN[C@H]23)c1. The Balaban J connectivity index is 1.38. The highest BCUT2D eigenvalue weighted by Gasteiger charge is 2.43. The zero-order valence-electron chi connectivity index (χ0n) is 16.4. The third kappa shape index (κ3) is 3.33. The highest BCUT2D eigenvalue weighted by Crippen LogP contribution is 2.38. The van der Waals surface area contributed by atoms with Crippen LogP contribution in [0.4, 0.5) is 0 Å². The molecule has 3 aliphatic rings. The maximum Gasteiger partial charge on any atom is 0.161 e. The molecule has 0 aliphatic carbocycles. The van der Waals surface area contributed by atoms with E-state index in [-0.39, 0.29) is 0 Å². The molecule has 0 amide bonds. The predicted molar refractivity (Wildman–Crippen MR) is 108 cm³/mol. The van der Waals surface area contributed by atoms with Gasteiger partial charge in [0.1, 0.15) is 19.0 Å². The molecule has 0 aromatic heterocycles. The largest absolute Gasteiger partial charge is 0.497 e. The van der Waals surface area contributed by atoms with E-state index < -0.39 is 0 Å². The summed E-state index contributed by atoms with van der Waals surface area (Å²) in [5.74, 6) is 3.17. The first-order chi connectivity index (χ1) is 13.8. The molecule has 148 valence electrons. The van der Waals surface area contributed by atoms with Gasteiger partial charge < -0.3 is 19.5 Å². The van der Waals surface area contributed by atoms with Gasteiger partial charge in [-0.25, -0.2) is 0 Å². The Bertz CT molecular complexity index is 840. The summed E-state index contributed by atoms with van der Waals surface area (Å²) in [7, 11) is 1.74. The second-order valence-electron chi connectivity index (χ2n) is 7.98. The van der Waals surface area contributed by atoms with Crippen molar-refractivity contribution in [3.63, 3.8) is 0 Å². The molecule has 0 unspecified atom stereocenters. The van der Waals surface area contributed by atoms with Crippen LogP contribution < -0.4 is 19.5 Å². The monoisotopic (exact) mass is 380 g/mol. The van der Waals surface area contributed by atoms with Crippen molar-refractivity contribution in [2.24, 2.45) is 0 Å². The Hall–Kier alpha value is -2.24. The lowest BCUT2D eigenvalue weighted by Crippen LogP contribution is -2.48. The first-order valence-electron chi connectivity index (χ1n) is 10.3. The summed E-state index contributed by atoms with van der Waals surface area (Å²) in [5.41, 5.74) is 2.66. The van der Waals surface area contributed by atoms with Gasteiger partial charge in [0.25, 0.3) is 0 Å². The van der Waals surface area contributed by atoms with E-state index in [9.17, 15) is 0 Å². The fraction of sp³-hybridized carbons (Fsp3) is 0.478. The molecule has 3 atom stereocenters. The van der Waals surface area contributed by atoms with Gasteiger partial charge in [0, 0.05) is 31.1 Å². The third-order valence-corrected chi connectivity index (χ3v) is 6.32. The molecule has 0 radical (unpaired) electrons. The van der Waals surface area contributed by atoms with E-state index in [1.807, 2.05) is 6.07 Å². The smallest absolute Gasteiger partial charge is 0.161 e. The number of likely N-dealkylation sites (tertiary alicyclic amines) is 1. The molecule has 3 aliphatic heterocycles. The second-order valence-corrected chi connectivity index (χ2v) is 7.98. The van der Waals surface area contributed by atoms with Gasteiger partial charge in [0.05, 0.1) is 7.11 Å². The van der Waals surface area contributed by atoms with Crippen LogP contribution in [-0.4, -0.2) is 50.4 Å². The molecule has 0 saturated carbocycles. The van der Waals surface area contributed by atoms with Crippen LogP contribution in [0.1, 0.15) is 29.9 Å². The van der Waals surface area contributed by atoms with Crippen LogP contribution in [0.25, 0.3) is 0 Å². The minimum Gasteiger partial charge on any atom is -0.497 e. The van der Waals surface area contributed by atoms with Gasteiger partial charge in [-0.15, -0.1) is 0 Å². The molecule has 0 bridgehead atoms. The van der Waals surface area contributed by atoms with Crippen LogP contribution in [0, 0.1) is 0 Å². The van der Waals surface area contributed by atoms with Crippen LogP contribution >= 0.6 is 0 Å². The van der Waals surface area contributed by atoms with Gasteiger partial charge in [0.2, 0.25) is 0 Å². The molecule has 0 spiro atoms. The quantitative estimate of drug-likeness (QED) is 0.883.